The van der Waals surface area contributed by atoms with E-state index < -0.39 is 0 Å². The van der Waals surface area contributed by atoms with Gasteiger partial charge >= 0.3 is 0 Å². The molecule has 0 unspecified atom stereocenters. The van der Waals surface area contributed by atoms with E-state index in [-0.39, 0.29) is 0 Å². The van der Waals surface area contributed by atoms with Crippen LogP contribution < -0.4 is 9.57 Å². The molecule has 0 aliphatic heterocycles. The summed E-state index contributed by atoms with van der Waals surface area (Å²) in [5.41, 5.74) is 0. The predicted octanol–water partition coefficient (Wildman–Crippen LogP) is 2.45. The third-order valence-electron chi connectivity index (χ3n) is 2.10. The number of aryl methyl sites for hydroxylation is 1. The highest BCUT2D eigenvalue weighted by molar-refractivity contribution is 6.30. The summed E-state index contributed by atoms with van der Waals surface area (Å²) in [7, 11) is 0. The third kappa shape index (κ3) is 3.78. The number of ether oxygens (including phenoxy) is 1. The number of halogens is 1. The lowest BCUT2D eigenvalue weighted by Gasteiger charge is -2.04. The minimum atomic E-state index is 0.433. The van der Waals surface area contributed by atoms with Crippen LogP contribution in [0, 0.1) is 0 Å². The Balaban J connectivity index is 1.62. The largest absolute Gasteiger partial charge is 0.490 e. The minimum Gasteiger partial charge on any atom is -0.490 e. The molecule has 1 aromatic carbocycles. The van der Waals surface area contributed by atoms with E-state index >= 15 is 0 Å². The maximum absolute atomic E-state index is 5.76. The highest BCUT2D eigenvalue weighted by atomic mass is 35.5. The Morgan fingerprint density at radius 3 is 2.71 bits per heavy atom. The smallest absolute Gasteiger partial charge is 0.154 e. The van der Waals surface area contributed by atoms with Crippen LogP contribution in [0.2, 0.25) is 5.02 Å². The average Bonchev–Trinajstić information content (AvgIpc) is 3.06. The van der Waals surface area contributed by atoms with Gasteiger partial charge in [-0.15, -0.1) is 0 Å². The maximum atomic E-state index is 5.76. The molecule has 17 heavy (non-hydrogen) atoms. The van der Waals surface area contributed by atoms with Crippen LogP contribution in [-0.4, -0.2) is 23.1 Å². The Hall–Kier alpha value is -1.49. The van der Waals surface area contributed by atoms with Crippen LogP contribution in [0.1, 0.15) is 13.3 Å². The summed E-state index contributed by atoms with van der Waals surface area (Å²) in [6.07, 6.45) is 1.02. The summed E-state index contributed by atoms with van der Waals surface area (Å²) in [5.74, 6) is 0.773. The van der Waals surface area contributed by atoms with E-state index in [1.165, 1.54) is 5.02 Å². The quantitative estimate of drug-likeness (QED) is 0.717. The Morgan fingerprint density at radius 1 is 1.24 bits per heavy atom. The van der Waals surface area contributed by atoms with Gasteiger partial charge in [0.25, 0.3) is 0 Å². The zero-order chi connectivity index (χ0) is 12.1. The summed E-state index contributed by atoms with van der Waals surface area (Å²) in [4.78, 5) is 6.89. The zero-order valence-corrected chi connectivity index (χ0v) is 10.4. The lowest BCUT2D eigenvalue weighted by molar-refractivity contribution is 0.0340. The first kappa shape index (κ1) is 12.0. The van der Waals surface area contributed by atoms with Crippen LogP contribution in [-0.2, 0) is 6.54 Å². The summed E-state index contributed by atoms with van der Waals surface area (Å²) in [6, 6.07) is 7.21. The summed E-state index contributed by atoms with van der Waals surface area (Å²) in [5, 5.41) is 2.05. The molecule has 94 valence electrons. The predicted molar refractivity (Wildman–Crippen MR) is 63.4 cm³/mol. The summed E-state index contributed by atoms with van der Waals surface area (Å²) >= 11 is 5.76. The van der Waals surface area contributed by atoms with Crippen molar-refractivity contribution < 1.29 is 14.2 Å². The summed E-state index contributed by atoms with van der Waals surface area (Å²) in [6.45, 7) is 3.80. The molecule has 1 aromatic heterocycles. The van der Waals surface area contributed by atoms with Gasteiger partial charge in [0.05, 0.1) is 11.6 Å². The van der Waals surface area contributed by atoms with Gasteiger partial charge in [0.2, 0.25) is 0 Å². The molecule has 5 nitrogen and oxygen atoms in total. The number of hydrogen-bond donors (Lipinski definition) is 0. The molecular weight excluding hydrogens is 244 g/mol. The van der Waals surface area contributed by atoms with Crippen molar-refractivity contribution in [3.63, 3.8) is 0 Å². The molecule has 2 rings (SSSR count). The molecule has 0 atom stereocenters. The second kappa shape index (κ2) is 5.72. The Labute approximate surface area is 104 Å². The lowest BCUT2D eigenvalue weighted by atomic mass is 10.3. The molecule has 0 radical (unpaired) electrons. The van der Waals surface area contributed by atoms with Crippen molar-refractivity contribution >= 4 is 11.6 Å². The molecule has 0 saturated carbocycles. The van der Waals surface area contributed by atoms with E-state index in [1.54, 1.807) is 17.0 Å². The Kier molecular flexibility index (Phi) is 4.03. The van der Waals surface area contributed by atoms with E-state index in [1.807, 2.05) is 12.1 Å². The maximum Gasteiger partial charge on any atom is 0.154 e. The monoisotopic (exact) mass is 258 g/mol. The highest BCUT2D eigenvalue weighted by Crippen LogP contribution is 2.15. The van der Waals surface area contributed by atoms with E-state index in [4.69, 9.17) is 25.8 Å². The molecule has 0 saturated heterocycles. The van der Waals surface area contributed by atoms with E-state index in [0.29, 0.717) is 18.2 Å². The first-order valence-electron chi connectivity index (χ1n) is 5.56. The van der Waals surface area contributed by atoms with Gasteiger partial charge in [0, 0.05) is 5.02 Å². The Morgan fingerprint density at radius 2 is 2.00 bits per heavy atom. The van der Waals surface area contributed by atoms with Crippen LogP contribution in [0.3, 0.4) is 0 Å². The number of nitrogens with zero attached hydrogens (tertiary/aromatic N) is 2. The molecule has 0 spiro atoms. The third-order valence-corrected chi connectivity index (χ3v) is 2.36. The zero-order valence-electron chi connectivity index (χ0n) is 9.63. The van der Waals surface area contributed by atoms with Crippen molar-refractivity contribution in [2.75, 3.05) is 13.2 Å². The van der Waals surface area contributed by atoms with Crippen LogP contribution in [0.5, 0.6) is 5.75 Å². The summed E-state index contributed by atoms with van der Waals surface area (Å²) < 4.78 is 10.4. The Bertz CT molecular complexity index is 429. The molecule has 0 fully saturated rings. The van der Waals surface area contributed by atoms with Crippen molar-refractivity contribution in [2.24, 2.45) is 0 Å². The second-order valence-corrected chi connectivity index (χ2v) is 3.97. The van der Waals surface area contributed by atoms with Gasteiger partial charge in [-0.1, -0.05) is 23.4 Å². The van der Waals surface area contributed by atoms with E-state index in [0.717, 1.165) is 18.7 Å². The SMILES string of the molecule is CCCn1on1OCCOc1ccc(Cl)cc1. The van der Waals surface area contributed by atoms with Gasteiger partial charge in [0.15, 0.2) is 6.61 Å². The first-order chi connectivity index (χ1) is 8.29. The molecule has 0 aliphatic rings. The fourth-order valence-electron chi connectivity index (χ4n) is 1.27. The van der Waals surface area contributed by atoms with Gasteiger partial charge in [-0.2, -0.15) is 0 Å². The van der Waals surface area contributed by atoms with Crippen molar-refractivity contribution in [2.45, 2.75) is 19.9 Å². The van der Waals surface area contributed by atoms with Gasteiger partial charge in [-0.3, -0.25) is 0 Å². The second-order valence-electron chi connectivity index (χ2n) is 3.53. The van der Waals surface area contributed by atoms with E-state index in [2.05, 4.69) is 6.92 Å². The van der Waals surface area contributed by atoms with Crippen molar-refractivity contribution in [1.82, 2.24) is 9.87 Å². The molecule has 1 heterocycles. The number of aromatic nitrogens is 2. The molecule has 0 N–H and O–H groups in total. The molecule has 0 aliphatic carbocycles. The van der Waals surface area contributed by atoms with Crippen molar-refractivity contribution in [1.29, 1.82) is 0 Å². The molecular formula is C11H15ClN2O3. The first-order valence-corrected chi connectivity index (χ1v) is 5.94. The molecule has 0 amide bonds. The standard InChI is InChI=1S/C11H15ClN2O3/c1-2-7-13-14(17-13)16-9-8-15-11-5-3-10(12)4-6-11/h3-6H,2,7-9H2,1H3. The van der Waals surface area contributed by atoms with E-state index in [9.17, 15) is 0 Å². The van der Waals surface area contributed by atoms with Gasteiger partial charge in [-0.25, -0.2) is 4.63 Å². The fraction of sp³-hybridized carbons (Fsp3) is 0.455. The average molecular weight is 259 g/mol. The van der Waals surface area contributed by atoms with Gasteiger partial charge in [0.1, 0.15) is 12.4 Å². The number of rotatable bonds is 7. The van der Waals surface area contributed by atoms with Crippen LogP contribution >= 0.6 is 11.6 Å². The minimum absolute atomic E-state index is 0.433. The number of benzene rings is 1. The van der Waals surface area contributed by atoms with Crippen molar-refractivity contribution in [3.05, 3.63) is 29.3 Å². The molecule has 2 aromatic rings. The fourth-order valence-corrected chi connectivity index (χ4v) is 1.40. The normalized spacial score (nSPS) is 10.7. The van der Waals surface area contributed by atoms with Crippen LogP contribution in [0.25, 0.3) is 0 Å². The lowest BCUT2D eigenvalue weighted by Crippen LogP contribution is -2.16. The molecule has 6 heteroatoms. The van der Waals surface area contributed by atoms with Crippen molar-refractivity contribution in [3.8, 4) is 5.75 Å². The van der Waals surface area contributed by atoms with Crippen LogP contribution in [0.4, 0.5) is 0 Å². The van der Waals surface area contributed by atoms with Gasteiger partial charge < -0.3 is 9.57 Å². The highest BCUT2D eigenvalue weighted by Gasteiger charge is 2.09. The number of hydrogen-bond acceptors (Lipinski definition) is 3. The topological polar surface area (TPSA) is 41.5 Å². The van der Waals surface area contributed by atoms with Gasteiger partial charge in [-0.05, 0) is 30.7 Å². The van der Waals surface area contributed by atoms with Crippen LogP contribution in [0.15, 0.2) is 28.9 Å². The molecule has 0 bridgehead atoms.